The van der Waals surface area contributed by atoms with E-state index in [0.717, 1.165) is 16.1 Å². The molecule has 33 heavy (non-hydrogen) atoms. The molecule has 1 amide bonds. The minimum absolute atomic E-state index is 0.0806. The molecular weight excluding hydrogens is 497 g/mol. The maximum absolute atomic E-state index is 13.8. The predicted molar refractivity (Wildman–Crippen MR) is 123 cm³/mol. The molecule has 0 unspecified atom stereocenters. The third-order valence-electron chi connectivity index (χ3n) is 5.03. The molecule has 1 N–H and O–H groups in total. The zero-order valence-electron chi connectivity index (χ0n) is 17.6. The summed E-state index contributed by atoms with van der Waals surface area (Å²) in [5, 5.41) is 8.57. The van der Waals surface area contributed by atoms with E-state index in [0.29, 0.717) is 39.4 Å². The Kier molecular flexibility index (Phi) is 6.07. The zero-order valence-corrected chi connectivity index (χ0v) is 19.9. The lowest BCUT2D eigenvalue weighted by Gasteiger charge is -2.10. The van der Waals surface area contributed by atoms with E-state index in [1.807, 2.05) is 0 Å². The Morgan fingerprint density at radius 1 is 1.12 bits per heavy atom. The molecule has 3 heterocycles. The van der Waals surface area contributed by atoms with Crippen LogP contribution >= 0.6 is 34.8 Å². The number of amides is 1. The summed E-state index contributed by atoms with van der Waals surface area (Å²) in [6, 6.07) is 7.61. The molecule has 0 aliphatic rings. The molecule has 0 aliphatic carbocycles. The minimum Gasteiger partial charge on any atom is -0.317 e. The van der Waals surface area contributed by atoms with Gasteiger partial charge in [-0.25, -0.2) is 9.50 Å². The first-order chi connectivity index (χ1) is 15.4. The van der Waals surface area contributed by atoms with Gasteiger partial charge in [0.2, 0.25) is 0 Å². The molecule has 0 fully saturated rings. The second-order valence-electron chi connectivity index (χ2n) is 7.47. The molecule has 4 rings (SSSR count). The van der Waals surface area contributed by atoms with Gasteiger partial charge in [-0.1, -0.05) is 29.3 Å². The molecule has 0 atom stereocenters. The number of hydrogen-bond acceptors (Lipinski definition) is 4. The van der Waals surface area contributed by atoms with E-state index in [1.165, 1.54) is 6.07 Å². The molecule has 0 saturated heterocycles. The highest BCUT2D eigenvalue weighted by atomic mass is 35.5. The number of fused-ring (bicyclic) bond motifs is 1. The summed E-state index contributed by atoms with van der Waals surface area (Å²) < 4.78 is 30.2. The number of carbonyl (C=O) groups is 1. The van der Waals surface area contributed by atoms with Gasteiger partial charge in [-0.05, 0) is 56.1 Å². The van der Waals surface area contributed by atoms with Crippen molar-refractivity contribution in [2.24, 2.45) is 0 Å². The largest absolute Gasteiger partial charge is 0.364 e. The van der Waals surface area contributed by atoms with Crippen LogP contribution in [-0.4, -0.2) is 30.3 Å². The van der Waals surface area contributed by atoms with Crippen LogP contribution in [0.2, 0.25) is 10.0 Å². The van der Waals surface area contributed by atoms with Crippen LogP contribution in [0.5, 0.6) is 0 Å². The number of halogens is 5. The lowest BCUT2D eigenvalue weighted by molar-refractivity contribution is 0.0868. The van der Waals surface area contributed by atoms with E-state index < -0.39 is 17.0 Å². The number of hydrogen-bond donors (Lipinski definition) is 1. The van der Waals surface area contributed by atoms with Crippen LogP contribution in [0.1, 0.15) is 38.8 Å². The fraction of sp³-hybridized carbons (Fsp3) is 0.238. The van der Waals surface area contributed by atoms with Crippen LogP contribution in [0, 0.1) is 20.8 Å². The van der Waals surface area contributed by atoms with Crippen LogP contribution in [0.15, 0.2) is 30.3 Å². The van der Waals surface area contributed by atoms with E-state index in [9.17, 15) is 13.6 Å². The Morgan fingerprint density at radius 3 is 2.52 bits per heavy atom. The monoisotopic (exact) mass is 512 g/mol. The SMILES string of the molecule is Cc1cc(C(F)(F)Cl)n2nc(C(=O)Nc3c(C)nn(Cc4ccc(Cl)cc4Cl)c3C)cc2n1. The van der Waals surface area contributed by atoms with E-state index in [4.69, 9.17) is 34.8 Å². The first kappa shape index (κ1) is 23.4. The predicted octanol–water partition coefficient (Wildman–Crippen LogP) is 5.75. The molecule has 7 nitrogen and oxygen atoms in total. The van der Waals surface area contributed by atoms with Crippen molar-refractivity contribution in [2.45, 2.75) is 32.7 Å². The van der Waals surface area contributed by atoms with Gasteiger partial charge in [0.15, 0.2) is 11.3 Å². The van der Waals surface area contributed by atoms with Gasteiger partial charge in [0.1, 0.15) is 5.69 Å². The summed E-state index contributed by atoms with van der Waals surface area (Å²) in [6.07, 6.45) is 0. The summed E-state index contributed by atoms with van der Waals surface area (Å²) in [4.78, 5) is 17.0. The van der Waals surface area contributed by atoms with Gasteiger partial charge in [-0.2, -0.15) is 19.0 Å². The summed E-state index contributed by atoms with van der Waals surface area (Å²) in [6.45, 7) is 5.45. The zero-order chi connectivity index (χ0) is 24.1. The normalized spacial score (nSPS) is 11.9. The van der Waals surface area contributed by atoms with Crippen molar-refractivity contribution >= 4 is 52.0 Å². The van der Waals surface area contributed by atoms with Crippen molar-refractivity contribution in [3.63, 3.8) is 0 Å². The Balaban J connectivity index is 1.63. The number of benzene rings is 1. The molecule has 0 saturated carbocycles. The number of aromatic nitrogens is 5. The lowest BCUT2D eigenvalue weighted by atomic mass is 10.2. The first-order valence-corrected chi connectivity index (χ1v) is 10.8. The number of nitrogens with one attached hydrogen (secondary N) is 1. The highest BCUT2D eigenvalue weighted by Crippen LogP contribution is 2.33. The molecule has 4 aromatic rings. The van der Waals surface area contributed by atoms with Gasteiger partial charge in [0.25, 0.3) is 5.91 Å². The number of aryl methyl sites for hydroxylation is 2. The molecule has 3 aromatic heterocycles. The van der Waals surface area contributed by atoms with Crippen LogP contribution in [0.4, 0.5) is 14.5 Å². The van der Waals surface area contributed by atoms with Crippen molar-refractivity contribution in [2.75, 3.05) is 5.32 Å². The fourth-order valence-electron chi connectivity index (χ4n) is 3.43. The van der Waals surface area contributed by atoms with Crippen LogP contribution in [0.3, 0.4) is 0 Å². The third-order valence-corrected chi connectivity index (χ3v) is 5.81. The van der Waals surface area contributed by atoms with Crippen LogP contribution < -0.4 is 5.32 Å². The summed E-state index contributed by atoms with van der Waals surface area (Å²) in [5.74, 6) is -0.600. The number of anilines is 1. The van der Waals surface area contributed by atoms with Crippen molar-refractivity contribution in [3.8, 4) is 0 Å². The molecule has 172 valence electrons. The Morgan fingerprint density at radius 2 is 1.85 bits per heavy atom. The van der Waals surface area contributed by atoms with E-state index in [-0.39, 0.29) is 11.3 Å². The topological polar surface area (TPSA) is 77.1 Å². The Hall–Kier alpha value is -2.75. The maximum atomic E-state index is 13.8. The highest BCUT2D eigenvalue weighted by Gasteiger charge is 2.33. The van der Waals surface area contributed by atoms with Crippen LogP contribution in [-0.2, 0) is 11.9 Å². The van der Waals surface area contributed by atoms with Gasteiger partial charge in [0.05, 0.1) is 23.6 Å². The van der Waals surface area contributed by atoms with E-state index in [2.05, 4.69) is 20.5 Å². The second kappa shape index (κ2) is 8.55. The summed E-state index contributed by atoms with van der Waals surface area (Å²) in [5.41, 5.74) is 2.26. The van der Waals surface area contributed by atoms with Crippen molar-refractivity contribution < 1.29 is 13.6 Å². The molecule has 0 radical (unpaired) electrons. The first-order valence-electron chi connectivity index (χ1n) is 9.68. The quantitative estimate of drug-likeness (QED) is 0.345. The van der Waals surface area contributed by atoms with Crippen molar-refractivity contribution in [3.05, 3.63) is 74.4 Å². The van der Waals surface area contributed by atoms with Gasteiger partial charge < -0.3 is 5.32 Å². The summed E-state index contributed by atoms with van der Waals surface area (Å²) in [7, 11) is 0. The number of carbonyl (C=O) groups excluding carboxylic acids is 1. The smallest absolute Gasteiger partial charge is 0.317 e. The highest BCUT2D eigenvalue weighted by molar-refractivity contribution is 6.35. The molecule has 1 aromatic carbocycles. The molecule has 0 aliphatic heterocycles. The minimum atomic E-state index is -3.68. The van der Waals surface area contributed by atoms with Crippen molar-refractivity contribution in [1.82, 2.24) is 24.4 Å². The molecule has 12 heteroatoms. The maximum Gasteiger partial charge on any atom is 0.364 e. The van der Waals surface area contributed by atoms with Gasteiger partial charge in [-0.15, -0.1) is 0 Å². The van der Waals surface area contributed by atoms with Gasteiger partial charge in [0, 0.05) is 21.8 Å². The van der Waals surface area contributed by atoms with E-state index in [1.54, 1.807) is 43.7 Å². The standard InChI is InChI=1S/C21H17Cl3F2N6O/c1-10-6-17(21(24,25)26)32-18(27-10)8-16(30-32)20(33)28-19-11(2)29-31(12(19)3)9-13-4-5-14(22)7-15(13)23/h4-8H,9H2,1-3H3,(H,28,33). The van der Waals surface area contributed by atoms with Crippen molar-refractivity contribution in [1.29, 1.82) is 0 Å². The average molecular weight is 514 g/mol. The fourth-order valence-corrected chi connectivity index (χ4v) is 4.04. The van der Waals surface area contributed by atoms with E-state index >= 15 is 0 Å². The molecule has 0 spiro atoms. The Bertz CT molecular complexity index is 1390. The van der Waals surface area contributed by atoms with Crippen LogP contribution in [0.25, 0.3) is 5.65 Å². The third kappa shape index (κ3) is 4.66. The number of nitrogens with zero attached hydrogens (tertiary/aromatic N) is 5. The second-order valence-corrected chi connectivity index (χ2v) is 8.79. The Labute approximate surface area is 202 Å². The summed E-state index contributed by atoms with van der Waals surface area (Å²) >= 11 is 17.4. The van der Waals surface area contributed by atoms with Gasteiger partial charge in [-0.3, -0.25) is 9.48 Å². The van der Waals surface area contributed by atoms with Gasteiger partial charge >= 0.3 is 5.38 Å². The average Bonchev–Trinajstić information content (AvgIpc) is 3.25. The molecular formula is C21H17Cl3F2N6O. The number of rotatable bonds is 5. The lowest BCUT2D eigenvalue weighted by Crippen LogP contribution is -2.16. The molecule has 0 bridgehead atoms. The number of alkyl halides is 3.